The fourth-order valence-corrected chi connectivity index (χ4v) is 5.55. The number of ether oxygens (including phenoxy) is 1. The molecule has 8 heteroatoms. The summed E-state index contributed by atoms with van der Waals surface area (Å²) in [5.74, 6) is -1.06. The molecular formula is C22H23NO6S. The standard InChI is InChI=1S/C22H23NO6S/c24-18-11-19-21(16-8-4-7-15(22(16)29-19)9-10-20(25)26)17(18)12-23-30(27,28)13-14-5-2-1-3-6-14/h1-10,17-19,21,23-24H,11-13H2,(H,25,26). The van der Waals surface area contributed by atoms with Gasteiger partial charge < -0.3 is 14.9 Å². The van der Waals surface area contributed by atoms with Crippen molar-refractivity contribution in [2.75, 3.05) is 6.54 Å². The summed E-state index contributed by atoms with van der Waals surface area (Å²) in [5.41, 5.74) is 2.22. The molecule has 30 heavy (non-hydrogen) atoms. The number of fused-ring (bicyclic) bond motifs is 3. The van der Waals surface area contributed by atoms with E-state index in [2.05, 4.69) is 4.72 Å². The SMILES string of the molecule is O=C(O)C=Cc1cccc2c1OC1CC(O)C(CNS(=O)(=O)Cc3ccccc3)C21. The van der Waals surface area contributed by atoms with Crippen molar-refractivity contribution in [1.29, 1.82) is 0 Å². The summed E-state index contributed by atoms with van der Waals surface area (Å²) in [6.45, 7) is 0.107. The molecule has 0 radical (unpaired) electrons. The third kappa shape index (κ3) is 4.26. The van der Waals surface area contributed by atoms with Crippen LogP contribution in [0.4, 0.5) is 0 Å². The van der Waals surface area contributed by atoms with Crippen molar-refractivity contribution in [2.45, 2.75) is 30.3 Å². The third-order valence-electron chi connectivity index (χ3n) is 5.68. The van der Waals surface area contributed by atoms with Gasteiger partial charge in [-0.2, -0.15) is 0 Å². The third-order valence-corrected chi connectivity index (χ3v) is 7.00. The molecule has 1 fully saturated rings. The molecule has 4 unspecified atom stereocenters. The Labute approximate surface area is 175 Å². The average molecular weight is 429 g/mol. The molecule has 7 nitrogen and oxygen atoms in total. The van der Waals surface area contributed by atoms with E-state index in [0.717, 1.165) is 11.6 Å². The van der Waals surface area contributed by atoms with Crippen LogP contribution in [0.25, 0.3) is 6.08 Å². The molecule has 0 saturated heterocycles. The van der Waals surface area contributed by atoms with Gasteiger partial charge >= 0.3 is 5.97 Å². The molecule has 2 aromatic carbocycles. The normalized spacial score (nSPS) is 25.1. The average Bonchev–Trinajstić information content (AvgIpc) is 3.20. The van der Waals surface area contributed by atoms with Gasteiger partial charge in [0.2, 0.25) is 10.0 Å². The molecule has 0 aromatic heterocycles. The number of carboxylic acids is 1. The van der Waals surface area contributed by atoms with Crippen LogP contribution in [0, 0.1) is 5.92 Å². The van der Waals surface area contributed by atoms with Crippen LogP contribution in [0.15, 0.2) is 54.6 Å². The molecule has 1 aliphatic carbocycles. The van der Waals surface area contributed by atoms with Gasteiger partial charge in [-0.05, 0) is 11.6 Å². The van der Waals surface area contributed by atoms with Crippen molar-refractivity contribution in [1.82, 2.24) is 4.72 Å². The number of benzene rings is 2. The quantitative estimate of drug-likeness (QED) is 0.581. The summed E-state index contributed by atoms with van der Waals surface area (Å²) in [5, 5.41) is 19.4. The topological polar surface area (TPSA) is 113 Å². The van der Waals surface area contributed by atoms with E-state index in [1.54, 1.807) is 30.3 Å². The molecule has 1 aliphatic heterocycles. The molecular weight excluding hydrogens is 406 g/mol. The molecule has 0 amide bonds. The smallest absolute Gasteiger partial charge is 0.328 e. The van der Waals surface area contributed by atoms with Gasteiger partial charge in [0.15, 0.2) is 0 Å². The Balaban J connectivity index is 1.51. The van der Waals surface area contributed by atoms with Gasteiger partial charge in [-0.1, -0.05) is 48.5 Å². The minimum atomic E-state index is -3.56. The lowest BCUT2D eigenvalue weighted by molar-refractivity contribution is -0.131. The molecule has 0 bridgehead atoms. The highest BCUT2D eigenvalue weighted by Gasteiger charge is 2.49. The lowest BCUT2D eigenvalue weighted by Gasteiger charge is -2.21. The number of para-hydroxylation sites is 1. The van der Waals surface area contributed by atoms with Crippen molar-refractivity contribution < 1.29 is 28.2 Å². The van der Waals surface area contributed by atoms with Crippen molar-refractivity contribution in [3.8, 4) is 5.75 Å². The van der Waals surface area contributed by atoms with Crippen LogP contribution in [0.2, 0.25) is 0 Å². The zero-order valence-electron chi connectivity index (χ0n) is 16.1. The van der Waals surface area contributed by atoms with Gasteiger partial charge in [0, 0.05) is 42.0 Å². The van der Waals surface area contributed by atoms with E-state index in [-0.39, 0.29) is 30.2 Å². The molecule has 2 aromatic rings. The van der Waals surface area contributed by atoms with Crippen LogP contribution in [0.3, 0.4) is 0 Å². The van der Waals surface area contributed by atoms with Gasteiger partial charge in [-0.3, -0.25) is 0 Å². The first kappa shape index (κ1) is 20.6. The van der Waals surface area contributed by atoms with Crippen LogP contribution in [0.1, 0.15) is 29.0 Å². The minimum absolute atomic E-state index is 0.107. The molecule has 3 N–H and O–H groups in total. The van der Waals surface area contributed by atoms with Crippen LogP contribution in [0.5, 0.6) is 5.75 Å². The summed E-state index contributed by atoms with van der Waals surface area (Å²) in [6.07, 6.45) is 1.98. The maximum Gasteiger partial charge on any atom is 0.328 e. The monoisotopic (exact) mass is 429 g/mol. The number of hydrogen-bond donors (Lipinski definition) is 3. The zero-order valence-corrected chi connectivity index (χ0v) is 17.0. The number of aliphatic hydroxyl groups excluding tert-OH is 1. The zero-order chi connectivity index (χ0) is 21.3. The largest absolute Gasteiger partial charge is 0.489 e. The van der Waals surface area contributed by atoms with Crippen molar-refractivity contribution in [2.24, 2.45) is 5.92 Å². The molecule has 4 atom stereocenters. The van der Waals surface area contributed by atoms with E-state index in [1.165, 1.54) is 6.08 Å². The second-order valence-corrected chi connectivity index (χ2v) is 9.49. The molecule has 158 valence electrons. The molecule has 4 rings (SSSR count). The Hall–Kier alpha value is -2.68. The lowest BCUT2D eigenvalue weighted by atomic mass is 9.87. The van der Waals surface area contributed by atoms with Gasteiger partial charge in [-0.15, -0.1) is 0 Å². The summed E-state index contributed by atoms with van der Waals surface area (Å²) in [6, 6.07) is 14.4. The minimum Gasteiger partial charge on any atom is -0.489 e. The number of nitrogens with one attached hydrogen (secondary N) is 1. The maximum atomic E-state index is 12.5. The first-order valence-corrected chi connectivity index (χ1v) is 11.4. The van der Waals surface area contributed by atoms with Gasteiger partial charge in [0.25, 0.3) is 0 Å². The summed E-state index contributed by atoms with van der Waals surface area (Å²) < 4.78 is 33.7. The van der Waals surface area contributed by atoms with E-state index in [4.69, 9.17) is 9.84 Å². The van der Waals surface area contributed by atoms with Crippen LogP contribution in [-0.2, 0) is 20.6 Å². The fraction of sp³-hybridized carbons (Fsp3) is 0.318. The van der Waals surface area contributed by atoms with E-state index >= 15 is 0 Å². The Kier molecular flexibility index (Phi) is 5.64. The molecule has 1 heterocycles. The van der Waals surface area contributed by atoms with E-state index in [0.29, 0.717) is 23.3 Å². The number of carbonyl (C=O) groups is 1. The Morgan fingerprint density at radius 1 is 1.17 bits per heavy atom. The molecule has 0 spiro atoms. The first-order chi connectivity index (χ1) is 14.3. The molecule has 2 aliphatic rings. The Morgan fingerprint density at radius 3 is 2.67 bits per heavy atom. The Morgan fingerprint density at radius 2 is 1.93 bits per heavy atom. The number of carboxylic acid groups (broad SMARTS) is 1. The van der Waals surface area contributed by atoms with Crippen molar-refractivity contribution in [3.05, 3.63) is 71.3 Å². The number of rotatable bonds is 7. The van der Waals surface area contributed by atoms with Gasteiger partial charge in [0.05, 0.1) is 11.9 Å². The summed E-state index contributed by atoms with van der Waals surface area (Å²) in [7, 11) is -3.56. The van der Waals surface area contributed by atoms with E-state index in [1.807, 2.05) is 18.2 Å². The second-order valence-electron chi connectivity index (χ2n) is 7.68. The van der Waals surface area contributed by atoms with Crippen LogP contribution >= 0.6 is 0 Å². The maximum absolute atomic E-state index is 12.5. The fourth-order valence-electron chi connectivity index (χ4n) is 4.37. The van der Waals surface area contributed by atoms with E-state index in [9.17, 15) is 18.3 Å². The van der Waals surface area contributed by atoms with Gasteiger partial charge in [-0.25, -0.2) is 17.9 Å². The number of aliphatic hydroxyl groups is 1. The predicted octanol–water partition coefficient (Wildman–Crippen LogP) is 2.13. The van der Waals surface area contributed by atoms with Crippen molar-refractivity contribution >= 4 is 22.1 Å². The molecule has 1 saturated carbocycles. The summed E-state index contributed by atoms with van der Waals surface area (Å²) >= 11 is 0. The van der Waals surface area contributed by atoms with Crippen molar-refractivity contribution in [3.63, 3.8) is 0 Å². The lowest BCUT2D eigenvalue weighted by Crippen LogP contribution is -2.35. The van der Waals surface area contributed by atoms with Gasteiger partial charge in [0.1, 0.15) is 11.9 Å². The highest BCUT2D eigenvalue weighted by molar-refractivity contribution is 7.88. The van der Waals surface area contributed by atoms with Crippen LogP contribution < -0.4 is 9.46 Å². The highest BCUT2D eigenvalue weighted by atomic mass is 32.2. The number of hydrogen-bond acceptors (Lipinski definition) is 5. The number of sulfonamides is 1. The highest BCUT2D eigenvalue weighted by Crippen LogP contribution is 2.51. The Bertz CT molecular complexity index is 1070. The second kappa shape index (κ2) is 8.22. The van der Waals surface area contributed by atoms with E-state index < -0.39 is 22.1 Å². The predicted molar refractivity (Wildman–Crippen MR) is 111 cm³/mol. The number of aliphatic carboxylic acids is 1. The van der Waals surface area contributed by atoms with Crippen LogP contribution in [-0.4, -0.2) is 43.4 Å². The summed E-state index contributed by atoms with van der Waals surface area (Å²) in [4.78, 5) is 10.8. The first-order valence-electron chi connectivity index (χ1n) is 9.74.